The minimum atomic E-state index is -0.790. The quantitative estimate of drug-likeness (QED) is 0.831. The molecule has 0 saturated heterocycles. The third-order valence-electron chi connectivity index (χ3n) is 3.11. The molecule has 0 fully saturated rings. The van der Waals surface area contributed by atoms with Gasteiger partial charge >= 0.3 is 5.97 Å². The number of carbonyl (C=O) groups excluding carboxylic acids is 2. The highest BCUT2D eigenvalue weighted by Crippen LogP contribution is 2.27. The number of ether oxygens (including phenoxy) is 1. The van der Waals surface area contributed by atoms with Crippen molar-refractivity contribution in [2.75, 3.05) is 12.4 Å². The van der Waals surface area contributed by atoms with Gasteiger partial charge in [-0.3, -0.25) is 4.79 Å². The summed E-state index contributed by atoms with van der Waals surface area (Å²) in [4.78, 5) is 23.3. The summed E-state index contributed by atoms with van der Waals surface area (Å²) < 4.78 is 4.82. The van der Waals surface area contributed by atoms with Gasteiger partial charge in [0, 0.05) is 21.8 Å². The molecule has 0 spiro atoms. The molecule has 22 heavy (non-hydrogen) atoms. The molecule has 0 aromatic heterocycles. The molecule has 0 heterocycles. The van der Waals surface area contributed by atoms with Crippen LogP contribution in [0.25, 0.3) is 0 Å². The second-order valence-corrected chi connectivity index (χ2v) is 4.97. The number of rotatable bonds is 5. The Morgan fingerprint density at radius 2 is 1.91 bits per heavy atom. The molecule has 2 aromatic rings. The first kappa shape index (κ1) is 15.9. The van der Waals surface area contributed by atoms with Gasteiger partial charge in [-0.05, 0) is 24.3 Å². The van der Waals surface area contributed by atoms with Crippen molar-refractivity contribution in [1.82, 2.24) is 0 Å². The van der Waals surface area contributed by atoms with E-state index in [0.717, 1.165) is 0 Å². The van der Waals surface area contributed by atoms with Crippen LogP contribution in [0, 0.1) is 0 Å². The van der Waals surface area contributed by atoms with Crippen LogP contribution in [-0.2, 0) is 9.53 Å². The zero-order valence-electron chi connectivity index (χ0n) is 11.9. The summed E-state index contributed by atoms with van der Waals surface area (Å²) >= 11 is 6.15. The third-order valence-corrected chi connectivity index (χ3v) is 3.46. The van der Waals surface area contributed by atoms with Crippen molar-refractivity contribution in [3.8, 4) is 0 Å². The number of nitrogens with two attached hydrogens (primary N) is 1. The molecule has 0 radical (unpaired) electrons. The lowest BCUT2D eigenvalue weighted by molar-refractivity contribution is -0.141. The largest absolute Gasteiger partial charge is 0.467 e. The van der Waals surface area contributed by atoms with Crippen LogP contribution in [0.4, 0.5) is 5.69 Å². The number of methoxy groups -OCH3 is 1. The summed E-state index contributed by atoms with van der Waals surface area (Å²) in [5, 5.41) is 3.46. The van der Waals surface area contributed by atoms with Crippen LogP contribution in [-0.4, -0.2) is 19.0 Å². The molecule has 1 amide bonds. The summed E-state index contributed by atoms with van der Waals surface area (Å²) in [6, 6.07) is 12.7. The first-order chi connectivity index (χ1) is 10.5. The predicted molar refractivity (Wildman–Crippen MR) is 84.8 cm³/mol. The Bertz CT molecular complexity index is 703. The molecule has 2 aromatic carbocycles. The molecular formula is C16H15ClN2O3. The normalized spacial score (nSPS) is 11.5. The fourth-order valence-corrected chi connectivity index (χ4v) is 2.26. The van der Waals surface area contributed by atoms with Crippen molar-refractivity contribution >= 4 is 29.2 Å². The van der Waals surface area contributed by atoms with E-state index < -0.39 is 17.9 Å². The topological polar surface area (TPSA) is 81.4 Å². The van der Waals surface area contributed by atoms with Gasteiger partial charge in [-0.2, -0.15) is 0 Å². The molecule has 0 aliphatic rings. The van der Waals surface area contributed by atoms with E-state index in [1.807, 2.05) is 0 Å². The minimum Gasteiger partial charge on any atom is -0.467 e. The lowest BCUT2D eigenvalue weighted by Crippen LogP contribution is -2.23. The smallest absolute Gasteiger partial charge is 0.333 e. The minimum absolute atomic E-state index is 0.341. The van der Waals surface area contributed by atoms with Crippen molar-refractivity contribution in [2.24, 2.45) is 5.73 Å². The van der Waals surface area contributed by atoms with Crippen LogP contribution in [0.15, 0.2) is 48.5 Å². The number of primary amides is 1. The Kier molecular flexibility index (Phi) is 5.01. The van der Waals surface area contributed by atoms with E-state index in [9.17, 15) is 9.59 Å². The van der Waals surface area contributed by atoms with Crippen molar-refractivity contribution in [3.05, 3.63) is 64.7 Å². The number of carbonyl (C=O) groups is 2. The average Bonchev–Trinajstić information content (AvgIpc) is 2.53. The number of hydrogen-bond donors (Lipinski definition) is 2. The van der Waals surface area contributed by atoms with Crippen molar-refractivity contribution in [1.29, 1.82) is 0 Å². The van der Waals surface area contributed by atoms with E-state index in [0.29, 0.717) is 21.8 Å². The summed E-state index contributed by atoms with van der Waals surface area (Å²) in [5.41, 5.74) is 6.74. The number of nitrogens with one attached hydrogen (secondary N) is 1. The standard InChI is InChI=1S/C16H15ClN2O3/c1-22-16(21)14(12-7-2-3-8-13(12)17)19-11-6-4-5-10(9-11)15(18)20/h2-9,14,19H,1H3,(H2,18,20). The van der Waals surface area contributed by atoms with Crippen LogP contribution >= 0.6 is 11.6 Å². The van der Waals surface area contributed by atoms with Crippen LogP contribution in [0.1, 0.15) is 22.0 Å². The second kappa shape index (κ2) is 6.95. The Labute approximate surface area is 133 Å². The highest BCUT2D eigenvalue weighted by Gasteiger charge is 2.23. The fourth-order valence-electron chi connectivity index (χ4n) is 2.02. The Morgan fingerprint density at radius 3 is 2.55 bits per heavy atom. The number of amides is 1. The van der Waals surface area contributed by atoms with Gasteiger partial charge in [-0.25, -0.2) is 4.79 Å². The molecule has 0 saturated carbocycles. The van der Waals surface area contributed by atoms with Gasteiger partial charge in [0.05, 0.1) is 7.11 Å². The summed E-state index contributed by atoms with van der Waals surface area (Å²) in [6.07, 6.45) is 0. The molecule has 6 heteroatoms. The van der Waals surface area contributed by atoms with Gasteiger partial charge in [0.25, 0.3) is 0 Å². The molecule has 5 nitrogen and oxygen atoms in total. The van der Waals surface area contributed by atoms with Crippen LogP contribution < -0.4 is 11.1 Å². The number of esters is 1. The van der Waals surface area contributed by atoms with Gasteiger partial charge in [-0.1, -0.05) is 35.9 Å². The highest BCUT2D eigenvalue weighted by atomic mass is 35.5. The maximum Gasteiger partial charge on any atom is 0.333 e. The van der Waals surface area contributed by atoms with E-state index in [1.165, 1.54) is 7.11 Å². The number of halogens is 1. The molecule has 2 rings (SSSR count). The van der Waals surface area contributed by atoms with Gasteiger partial charge in [0.15, 0.2) is 6.04 Å². The molecule has 1 unspecified atom stereocenters. The third kappa shape index (κ3) is 3.56. The van der Waals surface area contributed by atoms with Crippen molar-refractivity contribution < 1.29 is 14.3 Å². The van der Waals surface area contributed by atoms with Gasteiger partial charge < -0.3 is 15.8 Å². The first-order valence-corrected chi connectivity index (χ1v) is 6.89. The Morgan fingerprint density at radius 1 is 1.18 bits per heavy atom. The fraction of sp³-hybridized carbons (Fsp3) is 0.125. The molecule has 3 N–H and O–H groups in total. The zero-order chi connectivity index (χ0) is 16.1. The van der Waals surface area contributed by atoms with E-state index >= 15 is 0 Å². The van der Waals surface area contributed by atoms with Gasteiger partial charge in [-0.15, -0.1) is 0 Å². The van der Waals surface area contributed by atoms with Crippen molar-refractivity contribution in [2.45, 2.75) is 6.04 Å². The number of benzene rings is 2. The summed E-state index contributed by atoms with van der Waals surface area (Å²) in [5.74, 6) is -1.03. The number of anilines is 1. The zero-order valence-corrected chi connectivity index (χ0v) is 12.6. The van der Waals surface area contributed by atoms with Crippen LogP contribution in [0.2, 0.25) is 5.02 Å². The van der Waals surface area contributed by atoms with E-state index in [1.54, 1.807) is 48.5 Å². The molecule has 0 aliphatic heterocycles. The average molecular weight is 319 g/mol. The Hall–Kier alpha value is -2.53. The van der Waals surface area contributed by atoms with Crippen molar-refractivity contribution in [3.63, 3.8) is 0 Å². The van der Waals surface area contributed by atoms with Gasteiger partial charge in [0.2, 0.25) is 5.91 Å². The predicted octanol–water partition coefficient (Wildman–Crippen LogP) is 2.77. The maximum atomic E-state index is 12.1. The second-order valence-electron chi connectivity index (χ2n) is 4.57. The molecular weight excluding hydrogens is 304 g/mol. The van der Waals surface area contributed by atoms with Crippen LogP contribution in [0.5, 0.6) is 0 Å². The van der Waals surface area contributed by atoms with Crippen LogP contribution in [0.3, 0.4) is 0 Å². The summed E-state index contributed by atoms with van der Waals surface area (Å²) in [7, 11) is 1.30. The molecule has 1 atom stereocenters. The molecule has 114 valence electrons. The monoisotopic (exact) mass is 318 g/mol. The van der Waals surface area contributed by atoms with E-state index in [-0.39, 0.29) is 0 Å². The maximum absolute atomic E-state index is 12.1. The lowest BCUT2D eigenvalue weighted by Gasteiger charge is -2.19. The Balaban J connectivity index is 2.36. The lowest BCUT2D eigenvalue weighted by atomic mass is 10.1. The number of hydrogen-bond acceptors (Lipinski definition) is 4. The van der Waals surface area contributed by atoms with E-state index in [4.69, 9.17) is 22.1 Å². The SMILES string of the molecule is COC(=O)C(Nc1cccc(C(N)=O)c1)c1ccccc1Cl. The summed E-state index contributed by atoms with van der Waals surface area (Å²) in [6.45, 7) is 0. The molecule has 0 bridgehead atoms. The highest BCUT2D eigenvalue weighted by molar-refractivity contribution is 6.31. The van der Waals surface area contributed by atoms with Gasteiger partial charge in [0.1, 0.15) is 0 Å². The first-order valence-electron chi connectivity index (χ1n) is 6.51. The van der Waals surface area contributed by atoms with E-state index in [2.05, 4.69) is 5.32 Å². The molecule has 0 aliphatic carbocycles.